The van der Waals surface area contributed by atoms with Gasteiger partial charge in [-0.25, -0.2) is 9.50 Å². The third-order valence-corrected chi connectivity index (χ3v) is 3.22. The molecule has 0 atom stereocenters. The maximum atomic E-state index is 12.2. The summed E-state index contributed by atoms with van der Waals surface area (Å²) in [5, 5.41) is 7.02. The minimum atomic E-state index is -0.163. The smallest absolute Gasteiger partial charge is 0.270 e. The largest absolute Gasteiger partial charge is 0.347 e. The van der Waals surface area contributed by atoms with Crippen LogP contribution in [0.3, 0.4) is 0 Å². The van der Waals surface area contributed by atoms with Gasteiger partial charge < -0.3 is 5.32 Å². The molecule has 1 amide bonds. The lowest BCUT2D eigenvalue weighted by molar-refractivity contribution is 0.0943. The van der Waals surface area contributed by atoms with E-state index in [-0.39, 0.29) is 5.91 Å². The average molecular weight is 266 g/mol. The van der Waals surface area contributed by atoms with Gasteiger partial charge in [0.05, 0.1) is 6.20 Å². The molecule has 0 fully saturated rings. The SMILES string of the molecule is Cc1ccccc1CNC(=O)c1ccnc2ccnn12. The number of benzene rings is 1. The summed E-state index contributed by atoms with van der Waals surface area (Å²) < 4.78 is 1.53. The fraction of sp³-hybridized carbons (Fsp3) is 0.133. The Balaban J connectivity index is 1.80. The summed E-state index contributed by atoms with van der Waals surface area (Å²) in [6.07, 6.45) is 3.24. The van der Waals surface area contributed by atoms with Crippen LogP contribution in [0.1, 0.15) is 21.6 Å². The van der Waals surface area contributed by atoms with Crippen molar-refractivity contribution in [3.63, 3.8) is 0 Å². The van der Waals surface area contributed by atoms with Gasteiger partial charge in [-0.05, 0) is 24.1 Å². The zero-order valence-electron chi connectivity index (χ0n) is 11.1. The first-order chi connectivity index (χ1) is 9.75. The van der Waals surface area contributed by atoms with Gasteiger partial charge in [0.2, 0.25) is 0 Å². The van der Waals surface area contributed by atoms with E-state index in [2.05, 4.69) is 15.4 Å². The third-order valence-electron chi connectivity index (χ3n) is 3.22. The van der Waals surface area contributed by atoms with Crippen molar-refractivity contribution >= 4 is 11.6 Å². The average Bonchev–Trinajstić information content (AvgIpc) is 2.94. The number of carbonyl (C=O) groups excluding carboxylic acids is 1. The van der Waals surface area contributed by atoms with Gasteiger partial charge in [-0.2, -0.15) is 5.10 Å². The Morgan fingerprint density at radius 1 is 1.20 bits per heavy atom. The molecular formula is C15H14N4O. The molecule has 1 N–H and O–H groups in total. The summed E-state index contributed by atoms with van der Waals surface area (Å²) in [4.78, 5) is 16.4. The Morgan fingerprint density at radius 3 is 2.90 bits per heavy atom. The fourth-order valence-corrected chi connectivity index (χ4v) is 2.08. The molecule has 0 aliphatic carbocycles. The lowest BCUT2D eigenvalue weighted by Gasteiger charge is -2.08. The number of aromatic nitrogens is 3. The molecule has 3 aromatic rings. The Kier molecular flexibility index (Phi) is 3.16. The molecule has 0 spiro atoms. The van der Waals surface area contributed by atoms with E-state index in [9.17, 15) is 4.79 Å². The van der Waals surface area contributed by atoms with Gasteiger partial charge in [0.15, 0.2) is 5.65 Å². The highest BCUT2D eigenvalue weighted by atomic mass is 16.1. The van der Waals surface area contributed by atoms with Crippen LogP contribution < -0.4 is 5.32 Å². The van der Waals surface area contributed by atoms with Gasteiger partial charge in [-0.3, -0.25) is 4.79 Å². The molecule has 20 heavy (non-hydrogen) atoms. The minimum Gasteiger partial charge on any atom is -0.347 e. The van der Waals surface area contributed by atoms with E-state index < -0.39 is 0 Å². The van der Waals surface area contributed by atoms with Crippen molar-refractivity contribution in [2.45, 2.75) is 13.5 Å². The first-order valence-corrected chi connectivity index (χ1v) is 6.37. The molecule has 0 aliphatic rings. The Bertz CT molecular complexity index is 763. The van der Waals surface area contributed by atoms with E-state index >= 15 is 0 Å². The zero-order valence-corrected chi connectivity index (χ0v) is 11.1. The van der Waals surface area contributed by atoms with Crippen molar-refractivity contribution < 1.29 is 4.79 Å². The number of rotatable bonds is 3. The van der Waals surface area contributed by atoms with E-state index in [4.69, 9.17) is 0 Å². The van der Waals surface area contributed by atoms with Crippen LogP contribution in [0.4, 0.5) is 0 Å². The van der Waals surface area contributed by atoms with E-state index in [1.54, 1.807) is 24.5 Å². The fourth-order valence-electron chi connectivity index (χ4n) is 2.08. The molecule has 5 nitrogen and oxygen atoms in total. The molecule has 0 bridgehead atoms. The van der Waals surface area contributed by atoms with Crippen molar-refractivity contribution in [3.8, 4) is 0 Å². The van der Waals surface area contributed by atoms with Crippen LogP contribution in [0.5, 0.6) is 0 Å². The van der Waals surface area contributed by atoms with E-state index in [1.165, 1.54) is 4.52 Å². The van der Waals surface area contributed by atoms with Gasteiger partial charge in [0.25, 0.3) is 5.91 Å². The number of hydrogen-bond donors (Lipinski definition) is 1. The highest BCUT2D eigenvalue weighted by Crippen LogP contribution is 2.07. The Hall–Kier alpha value is -2.69. The van der Waals surface area contributed by atoms with Gasteiger partial charge in [0.1, 0.15) is 5.69 Å². The van der Waals surface area contributed by atoms with Crippen molar-refractivity contribution in [1.29, 1.82) is 0 Å². The molecule has 100 valence electrons. The first kappa shape index (κ1) is 12.3. The lowest BCUT2D eigenvalue weighted by atomic mass is 10.1. The second kappa shape index (κ2) is 5.13. The van der Waals surface area contributed by atoms with Crippen LogP contribution in [0.2, 0.25) is 0 Å². The predicted octanol–water partition coefficient (Wildman–Crippen LogP) is 1.97. The van der Waals surface area contributed by atoms with E-state index in [1.807, 2.05) is 31.2 Å². The number of aryl methyl sites for hydroxylation is 1. The standard InChI is InChI=1S/C15H14N4O/c1-11-4-2-3-5-12(11)10-17-15(20)13-6-8-16-14-7-9-18-19(13)14/h2-9H,10H2,1H3,(H,17,20). The zero-order chi connectivity index (χ0) is 13.9. The number of carbonyl (C=O) groups is 1. The van der Waals surface area contributed by atoms with Crippen LogP contribution in [-0.2, 0) is 6.54 Å². The summed E-state index contributed by atoms with van der Waals surface area (Å²) >= 11 is 0. The molecule has 2 aromatic heterocycles. The van der Waals surface area contributed by atoms with Crippen LogP contribution >= 0.6 is 0 Å². The van der Waals surface area contributed by atoms with Crippen LogP contribution in [0, 0.1) is 6.92 Å². The lowest BCUT2D eigenvalue weighted by Crippen LogP contribution is -2.25. The monoisotopic (exact) mass is 266 g/mol. The number of amides is 1. The van der Waals surface area contributed by atoms with Gasteiger partial charge in [-0.1, -0.05) is 24.3 Å². The second-order valence-corrected chi connectivity index (χ2v) is 4.54. The maximum absolute atomic E-state index is 12.2. The molecule has 0 radical (unpaired) electrons. The van der Waals surface area contributed by atoms with Gasteiger partial charge in [0, 0.05) is 18.8 Å². The molecular weight excluding hydrogens is 252 g/mol. The number of nitrogens with one attached hydrogen (secondary N) is 1. The first-order valence-electron chi connectivity index (χ1n) is 6.37. The van der Waals surface area contributed by atoms with Gasteiger partial charge in [-0.15, -0.1) is 0 Å². The van der Waals surface area contributed by atoms with Crippen molar-refractivity contribution in [2.75, 3.05) is 0 Å². The summed E-state index contributed by atoms with van der Waals surface area (Å²) in [6.45, 7) is 2.52. The van der Waals surface area contributed by atoms with Crippen LogP contribution in [0.25, 0.3) is 5.65 Å². The summed E-state index contributed by atoms with van der Waals surface area (Å²) in [5.41, 5.74) is 3.40. The van der Waals surface area contributed by atoms with Gasteiger partial charge >= 0.3 is 0 Å². The van der Waals surface area contributed by atoms with E-state index in [0.717, 1.165) is 11.1 Å². The van der Waals surface area contributed by atoms with Crippen molar-refractivity contribution in [2.24, 2.45) is 0 Å². The predicted molar refractivity (Wildman–Crippen MR) is 75.3 cm³/mol. The Morgan fingerprint density at radius 2 is 2.05 bits per heavy atom. The Labute approximate surface area is 116 Å². The highest BCUT2D eigenvalue weighted by Gasteiger charge is 2.11. The molecule has 0 saturated heterocycles. The summed E-state index contributed by atoms with van der Waals surface area (Å²) in [6, 6.07) is 11.4. The third kappa shape index (κ3) is 2.25. The van der Waals surface area contributed by atoms with Crippen LogP contribution in [0.15, 0.2) is 48.8 Å². The highest BCUT2D eigenvalue weighted by molar-refractivity contribution is 5.92. The number of fused-ring (bicyclic) bond motifs is 1. The van der Waals surface area contributed by atoms with Crippen LogP contribution in [-0.4, -0.2) is 20.5 Å². The quantitative estimate of drug-likeness (QED) is 0.788. The second-order valence-electron chi connectivity index (χ2n) is 4.54. The normalized spacial score (nSPS) is 10.7. The number of hydrogen-bond acceptors (Lipinski definition) is 3. The molecule has 2 heterocycles. The summed E-state index contributed by atoms with van der Waals surface area (Å²) in [7, 11) is 0. The summed E-state index contributed by atoms with van der Waals surface area (Å²) in [5.74, 6) is -0.163. The van der Waals surface area contributed by atoms with Crippen molar-refractivity contribution in [3.05, 3.63) is 65.6 Å². The van der Waals surface area contributed by atoms with E-state index in [0.29, 0.717) is 17.9 Å². The van der Waals surface area contributed by atoms with Crippen molar-refractivity contribution in [1.82, 2.24) is 19.9 Å². The number of nitrogens with zero attached hydrogens (tertiary/aromatic N) is 3. The molecule has 3 rings (SSSR count). The maximum Gasteiger partial charge on any atom is 0.270 e. The molecule has 1 aromatic carbocycles. The topological polar surface area (TPSA) is 59.3 Å². The minimum absolute atomic E-state index is 0.163. The molecule has 5 heteroatoms. The molecule has 0 aliphatic heterocycles. The molecule has 0 unspecified atom stereocenters. The molecule has 0 saturated carbocycles.